The van der Waals surface area contributed by atoms with E-state index in [1.165, 1.54) is 6.07 Å². The number of hydrogen-bond acceptors (Lipinski definition) is 4. The highest BCUT2D eigenvalue weighted by atomic mass is 19.1. The third-order valence-electron chi connectivity index (χ3n) is 3.37. The van der Waals surface area contributed by atoms with Crippen LogP contribution in [-0.4, -0.2) is 56.6 Å². The minimum atomic E-state index is -0.339. The third-order valence-corrected chi connectivity index (χ3v) is 3.37. The van der Waals surface area contributed by atoms with Gasteiger partial charge in [-0.05, 0) is 26.0 Å². The van der Waals surface area contributed by atoms with Crippen molar-refractivity contribution < 1.29 is 18.6 Å². The molecule has 1 heterocycles. The quantitative estimate of drug-likeness (QED) is 0.723. The lowest BCUT2D eigenvalue weighted by molar-refractivity contribution is -0.0734. The molecule has 0 radical (unpaired) electrons. The highest BCUT2D eigenvalue weighted by molar-refractivity contribution is 5.23. The van der Waals surface area contributed by atoms with E-state index >= 15 is 0 Å². The Morgan fingerprint density at radius 1 is 1.14 bits per heavy atom. The topological polar surface area (TPSA) is 30.9 Å². The Bertz CT molecular complexity index is 420. The number of para-hydroxylation sites is 1. The molecule has 0 amide bonds. The van der Waals surface area contributed by atoms with Crippen LogP contribution in [0.25, 0.3) is 0 Å². The van der Waals surface area contributed by atoms with Gasteiger partial charge in [-0.1, -0.05) is 12.1 Å². The van der Waals surface area contributed by atoms with Gasteiger partial charge < -0.3 is 14.2 Å². The highest BCUT2D eigenvalue weighted by Crippen LogP contribution is 2.15. The van der Waals surface area contributed by atoms with Gasteiger partial charge in [-0.2, -0.15) is 0 Å². The van der Waals surface area contributed by atoms with Crippen molar-refractivity contribution in [1.82, 2.24) is 4.90 Å². The van der Waals surface area contributed by atoms with Gasteiger partial charge in [-0.25, -0.2) is 4.39 Å². The van der Waals surface area contributed by atoms with Crippen molar-refractivity contribution in [1.29, 1.82) is 0 Å². The zero-order chi connectivity index (χ0) is 15.1. The van der Waals surface area contributed by atoms with E-state index in [-0.39, 0.29) is 23.8 Å². The second-order valence-electron chi connectivity index (χ2n) is 5.41. The minimum Gasteiger partial charge on any atom is -0.488 e. The second-order valence-corrected chi connectivity index (χ2v) is 5.41. The monoisotopic (exact) mass is 297 g/mol. The van der Waals surface area contributed by atoms with Crippen molar-refractivity contribution in [3.63, 3.8) is 0 Å². The van der Waals surface area contributed by atoms with Gasteiger partial charge in [0.25, 0.3) is 0 Å². The SMILES string of the molecule is CC1CN(CCOCCOc2ccccc2F)CC(C)O1. The largest absolute Gasteiger partial charge is 0.488 e. The van der Waals surface area contributed by atoms with Crippen molar-refractivity contribution in [3.05, 3.63) is 30.1 Å². The molecule has 2 rings (SSSR count). The Morgan fingerprint density at radius 3 is 2.57 bits per heavy atom. The van der Waals surface area contributed by atoms with Gasteiger partial charge in [0.2, 0.25) is 0 Å². The number of ether oxygens (including phenoxy) is 3. The average Bonchev–Trinajstić information content (AvgIpc) is 2.43. The van der Waals surface area contributed by atoms with E-state index in [4.69, 9.17) is 14.2 Å². The van der Waals surface area contributed by atoms with E-state index in [0.717, 1.165) is 19.6 Å². The van der Waals surface area contributed by atoms with Crippen LogP contribution in [0, 0.1) is 5.82 Å². The Morgan fingerprint density at radius 2 is 1.86 bits per heavy atom. The van der Waals surface area contributed by atoms with Crippen molar-refractivity contribution in [2.24, 2.45) is 0 Å². The van der Waals surface area contributed by atoms with Gasteiger partial charge in [-0.3, -0.25) is 4.90 Å². The fraction of sp³-hybridized carbons (Fsp3) is 0.625. The standard InChI is InChI=1S/C16H24FNO3/c1-13-11-18(12-14(2)21-13)7-8-19-9-10-20-16-6-4-3-5-15(16)17/h3-6,13-14H,7-12H2,1-2H3. The molecular formula is C16H24FNO3. The molecule has 21 heavy (non-hydrogen) atoms. The summed E-state index contributed by atoms with van der Waals surface area (Å²) in [6.45, 7) is 8.43. The zero-order valence-electron chi connectivity index (χ0n) is 12.8. The molecule has 2 atom stereocenters. The molecule has 0 aromatic heterocycles. The molecule has 0 spiro atoms. The van der Waals surface area contributed by atoms with Gasteiger partial charge in [0.1, 0.15) is 6.61 Å². The van der Waals surface area contributed by atoms with Crippen molar-refractivity contribution in [2.75, 3.05) is 39.5 Å². The molecule has 1 aromatic carbocycles. The van der Waals surface area contributed by atoms with E-state index in [2.05, 4.69) is 18.7 Å². The fourth-order valence-corrected chi connectivity index (χ4v) is 2.54. The fourth-order valence-electron chi connectivity index (χ4n) is 2.54. The number of nitrogens with zero attached hydrogens (tertiary/aromatic N) is 1. The second kappa shape index (κ2) is 8.32. The Labute approximate surface area is 125 Å². The van der Waals surface area contributed by atoms with Crippen LogP contribution in [0.5, 0.6) is 5.75 Å². The van der Waals surface area contributed by atoms with Crippen LogP contribution in [0.15, 0.2) is 24.3 Å². The molecule has 0 N–H and O–H groups in total. The smallest absolute Gasteiger partial charge is 0.165 e. The summed E-state index contributed by atoms with van der Waals surface area (Å²) in [5, 5.41) is 0. The number of rotatable bonds is 7. The molecule has 0 saturated carbocycles. The zero-order valence-corrected chi connectivity index (χ0v) is 12.8. The highest BCUT2D eigenvalue weighted by Gasteiger charge is 2.21. The molecular weight excluding hydrogens is 273 g/mol. The molecule has 2 unspecified atom stereocenters. The molecule has 1 aromatic rings. The maximum Gasteiger partial charge on any atom is 0.165 e. The maximum atomic E-state index is 13.3. The third kappa shape index (κ3) is 5.61. The van der Waals surface area contributed by atoms with E-state index in [1.54, 1.807) is 18.2 Å². The Hall–Kier alpha value is -1.17. The molecule has 0 bridgehead atoms. The maximum absolute atomic E-state index is 13.3. The predicted molar refractivity (Wildman–Crippen MR) is 79.2 cm³/mol. The minimum absolute atomic E-state index is 0.275. The summed E-state index contributed by atoms with van der Waals surface area (Å²) < 4.78 is 29.8. The molecule has 5 heteroatoms. The molecule has 0 aliphatic carbocycles. The van der Waals surface area contributed by atoms with Gasteiger partial charge in [0.15, 0.2) is 11.6 Å². The molecule has 1 saturated heterocycles. The summed E-state index contributed by atoms with van der Waals surface area (Å²) >= 11 is 0. The number of benzene rings is 1. The van der Waals surface area contributed by atoms with Crippen LogP contribution in [0.4, 0.5) is 4.39 Å². The summed E-state index contributed by atoms with van der Waals surface area (Å²) in [4.78, 5) is 2.34. The number of morpholine rings is 1. The van der Waals surface area contributed by atoms with Crippen LogP contribution in [0.2, 0.25) is 0 Å². The molecule has 1 fully saturated rings. The van der Waals surface area contributed by atoms with Crippen LogP contribution in [0.3, 0.4) is 0 Å². The van der Waals surface area contributed by atoms with E-state index < -0.39 is 0 Å². The lowest BCUT2D eigenvalue weighted by Crippen LogP contribution is -2.46. The first kappa shape index (κ1) is 16.2. The summed E-state index contributed by atoms with van der Waals surface area (Å²) in [6.07, 6.45) is 0.552. The van der Waals surface area contributed by atoms with Gasteiger partial charge in [0, 0.05) is 19.6 Å². The molecule has 1 aliphatic heterocycles. The summed E-state index contributed by atoms with van der Waals surface area (Å²) in [6, 6.07) is 6.39. The number of halogens is 1. The summed E-state index contributed by atoms with van der Waals surface area (Å²) in [7, 11) is 0. The van der Waals surface area contributed by atoms with Gasteiger partial charge >= 0.3 is 0 Å². The first-order chi connectivity index (χ1) is 10.1. The summed E-state index contributed by atoms with van der Waals surface area (Å²) in [5.41, 5.74) is 0. The first-order valence-electron chi connectivity index (χ1n) is 7.48. The molecule has 1 aliphatic rings. The number of hydrogen-bond donors (Lipinski definition) is 0. The van der Waals surface area contributed by atoms with Crippen LogP contribution < -0.4 is 4.74 Å². The van der Waals surface area contributed by atoms with Gasteiger partial charge in [0.05, 0.1) is 25.4 Å². The first-order valence-corrected chi connectivity index (χ1v) is 7.48. The van der Waals surface area contributed by atoms with E-state index in [0.29, 0.717) is 19.8 Å². The van der Waals surface area contributed by atoms with Crippen LogP contribution >= 0.6 is 0 Å². The van der Waals surface area contributed by atoms with Gasteiger partial charge in [-0.15, -0.1) is 0 Å². The van der Waals surface area contributed by atoms with Crippen molar-refractivity contribution >= 4 is 0 Å². The molecule has 118 valence electrons. The lowest BCUT2D eigenvalue weighted by atomic mass is 10.2. The lowest BCUT2D eigenvalue weighted by Gasteiger charge is -2.35. The summed E-state index contributed by atoms with van der Waals surface area (Å²) in [5.74, 6) is -0.0641. The van der Waals surface area contributed by atoms with Crippen LogP contribution in [0.1, 0.15) is 13.8 Å². The normalized spacial score (nSPS) is 23.2. The predicted octanol–water partition coefficient (Wildman–Crippen LogP) is 2.33. The Kier molecular flexibility index (Phi) is 6.42. The van der Waals surface area contributed by atoms with E-state index in [1.807, 2.05) is 0 Å². The molecule has 4 nitrogen and oxygen atoms in total. The Balaban J connectivity index is 1.55. The van der Waals surface area contributed by atoms with E-state index in [9.17, 15) is 4.39 Å². The van der Waals surface area contributed by atoms with Crippen LogP contribution in [-0.2, 0) is 9.47 Å². The average molecular weight is 297 g/mol. The van der Waals surface area contributed by atoms with Crippen molar-refractivity contribution in [3.8, 4) is 5.75 Å². The van der Waals surface area contributed by atoms with Crippen molar-refractivity contribution in [2.45, 2.75) is 26.1 Å².